The molecular formula is C14H14F2N2. The Hall–Kier alpha value is -1.81. The van der Waals surface area contributed by atoms with Gasteiger partial charge in [0.15, 0.2) is 0 Å². The standard InChI is InChI=1S/C14H14F2N2/c1-2-17-7-10-3-12(9-18-8-10)11-4-13(15)6-14(16)5-11/h3-6,8-9,17H,2,7H2,1H3. The van der Waals surface area contributed by atoms with E-state index in [0.717, 1.165) is 18.2 Å². The van der Waals surface area contributed by atoms with E-state index in [1.54, 1.807) is 12.4 Å². The monoisotopic (exact) mass is 248 g/mol. The minimum atomic E-state index is -0.581. The van der Waals surface area contributed by atoms with Crippen LogP contribution in [0.4, 0.5) is 8.78 Å². The summed E-state index contributed by atoms with van der Waals surface area (Å²) in [6.45, 7) is 3.56. The van der Waals surface area contributed by atoms with Gasteiger partial charge in [-0.1, -0.05) is 6.92 Å². The van der Waals surface area contributed by atoms with Crippen molar-refractivity contribution in [2.24, 2.45) is 0 Å². The van der Waals surface area contributed by atoms with Gasteiger partial charge >= 0.3 is 0 Å². The molecule has 0 aliphatic rings. The van der Waals surface area contributed by atoms with Crippen LogP contribution in [0.15, 0.2) is 36.7 Å². The molecule has 0 unspecified atom stereocenters. The largest absolute Gasteiger partial charge is 0.313 e. The first-order valence-corrected chi connectivity index (χ1v) is 5.80. The molecule has 0 radical (unpaired) electrons. The molecule has 0 aliphatic heterocycles. The Balaban J connectivity index is 2.32. The predicted octanol–water partition coefficient (Wildman–Crippen LogP) is 3.14. The van der Waals surface area contributed by atoms with Gasteiger partial charge in [-0.05, 0) is 35.9 Å². The Labute approximate surface area is 105 Å². The third-order valence-corrected chi connectivity index (χ3v) is 2.57. The van der Waals surface area contributed by atoms with Crippen LogP contribution in [0.1, 0.15) is 12.5 Å². The van der Waals surface area contributed by atoms with E-state index in [1.165, 1.54) is 12.1 Å². The topological polar surface area (TPSA) is 24.9 Å². The number of pyridine rings is 1. The molecule has 2 rings (SSSR count). The van der Waals surface area contributed by atoms with Crippen LogP contribution in [0.25, 0.3) is 11.1 Å². The van der Waals surface area contributed by atoms with Crippen LogP contribution >= 0.6 is 0 Å². The lowest BCUT2D eigenvalue weighted by molar-refractivity contribution is 0.584. The molecule has 0 fully saturated rings. The first kappa shape index (κ1) is 12.6. The summed E-state index contributed by atoms with van der Waals surface area (Å²) in [5.41, 5.74) is 2.20. The van der Waals surface area contributed by atoms with Crippen molar-refractivity contribution in [3.05, 3.63) is 53.9 Å². The molecule has 0 saturated carbocycles. The number of benzene rings is 1. The van der Waals surface area contributed by atoms with Crippen LogP contribution in [0, 0.1) is 11.6 Å². The molecule has 0 atom stereocenters. The zero-order chi connectivity index (χ0) is 13.0. The van der Waals surface area contributed by atoms with E-state index in [4.69, 9.17) is 0 Å². The Morgan fingerprint density at radius 3 is 2.39 bits per heavy atom. The van der Waals surface area contributed by atoms with Gasteiger partial charge in [0.1, 0.15) is 11.6 Å². The van der Waals surface area contributed by atoms with Crippen molar-refractivity contribution in [3.63, 3.8) is 0 Å². The summed E-state index contributed by atoms with van der Waals surface area (Å²) < 4.78 is 26.3. The minimum Gasteiger partial charge on any atom is -0.313 e. The average molecular weight is 248 g/mol. The van der Waals surface area contributed by atoms with E-state index in [1.807, 2.05) is 13.0 Å². The molecule has 1 heterocycles. The maximum atomic E-state index is 13.1. The molecule has 0 amide bonds. The summed E-state index contributed by atoms with van der Waals surface area (Å²) in [5.74, 6) is -1.16. The second-order valence-corrected chi connectivity index (χ2v) is 4.02. The molecule has 18 heavy (non-hydrogen) atoms. The number of aromatic nitrogens is 1. The second kappa shape index (κ2) is 5.69. The lowest BCUT2D eigenvalue weighted by Crippen LogP contribution is -2.11. The summed E-state index contributed by atoms with van der Waals surface area (Å²) in [4.78, 5) is 4.09. The normalized spacial score (nSPS) is 10.6. The van der Waals surface area contributed by atoms with Crippen molar-refractivity contribution < 1.29 is 8.78 Å². The minimum absolute atomic E-state index is 0.498. The van der Waals surface area contributed by atoms with Gasteiger partial charge in [-0.3, -0.25) is 4.98 Å². The predicted molar refractivity (Wildman–Crippen MR) is 67.0 cm³/mol. The highest BCUT2D eigenvalue weighted by Crippen LogP contribution is 2.21. The molecule has 2 nitrogen and oxygen atoms in total. The van der Waals surface area contributed by atoms with Crippen LogP contribution in [0.5, 0.6) is 0 Å². The fraction of sp³-hybridized carbons (Fsp3) is 0.214. The molecule has 4 heteroatoms. The first-order valence-electron chi connectivity index (χ1n) is 5.80. The molecule has 1 aromatic heterocycles. The summed E-state index contributed by atoms with van der Waals surface area (Å²) in [5, 5.41) is 3.18. The van der Waals surface area contributed by atoms with Crippen molar-refractivity contribution in [3.8, 4) is 11.1 Å². The van der Waals surface area contributed by atoms with Crippen LogP contribution in [-0.2, 0) is 6.54 Å². The lowest BCUT2D eigenvalue weighted by atomic mass is 10.1. The van der Waals surface area contributed by atoms with Crippen molar-refractivity contribution >= 4 is 0 Å². The van der Waals surface area contributed by atoms with Crippen molar-refractivity contribution in [1.82, 2.24) is 10.3 Å². The van der Waals surface area contributed by atoms with Gasteiger partial charge < -0.3 is 5.32 Å². The van der Waals surface area contributed by atoms with E-state index in [9.17, 15) is 8.78 Å². The van der Waals surface area contributed by atoms with E-state index in [-0.39, 0.29) is 0 Å². The van der Waals surface area contributed by atoms with Crippen molar-refractivity contribution in [1.29, 1.82) is 0 Å². The van der Waals surface area contributed by atoms with Gasteiger partial charge in [-0.25, -0.2) is 8.78 Å². The molecule has 0 aliphatic carbocycles. The van der Waals surface area contributed by atoms with E-state index in [2.05, 4.69) is 10.3 Å². The van der Waals surface area contributed by atoms with Crippen molar-refractivity contribution in [2.45, 2.75) is 13.5 Å². The summed E-state index contributed by atoms with van der Waals surface area (Å²) >= 11 is 0. The molecule has 0 bridgehead atoms. The Kier molecular flexibility index (Phi) is 3.99. The Morgan fingerprint density at radius 2 is 1.72 bits per heavy atom. The summed E-state index contributed by atoms with van der Waals surface area (Å²) in [6, 6.07) is 5.34. The highest BCUT2D eigenvalue weighted by atomic mass is 19.1. The first-order chi connectivity index (χ1) is 8.69. The quantitative estimate of drug-likeness (QED) is 0.899. The molecule has 0 saturated heterocycles. The van der Waals surface area contributed by atoms with E-state index >= 15 is 0 Å². The van der Waals surface area contributed by atoms with Crippen LogP contribution in [0.3, 0.4) is 0 Å². The van der Waals surface area contributed by atoms with Crippen LogP contribution < -0.4 is 5.32 Å². The molecule has 2 aromatic rings. The fourth-order valence-corrected chi connectivity index (χ4v) is 1.73. The smallest absolute Gasteiger partial charge is 0.126 e. The molecule has 94 valence electrons. The fourth-order valence-electron chi connectivity index (χ4n) is 1.73. The van der Waals surface area contributed by atoms with Gasteiger partial charge in [0.05, 0.1) is 0 Å². The maximum Gasteiger partial charge on any atom is 0.126 e. The van der Waals surface area contributed by atoms with E-state index < -0.39 is 11.6 Å². The highest BCUT2D eigenvalue weighted by Gasteiger charge is 2.04. The van der Waals surface area contributed by atoms with Crippen LogP contribution in [-0.4, -0.2) is 11.5 Å². The number of halogens is 2. The second-order valence-electron chi connectivity index (χ2n) is 4.02. The highest BCUT2D eigenvalue weighted by molar-refractivity contribution is 5.63. The van der Waals surface area contributed by atoms with Gasteiger partial charge in [0, 0.05) is 30.6 Å². The number of hydrogen-bond acceptors (Lipinski definition) is 2. The van der Waals surface area contributed by atoms with Crippen LogP contribution in [0.2, 0.25) is 0 Å². The molecule has 0 spiro atoms. The lowest BCUT2D eigenvalue weighted by Gasteiger charge is -2.06. The van der Waals surface area contributed by atoms with Gasteiger partial charge in [-0.2, -0.15) is 0 Å². The number of hydrogen-bond donors (Lipinski definition) is 1. The van der Waals surface area contributed by atoms with Gasteiger partial charge in [0.2, 0.25) is 0 Å². The molecular weight excluding hydrogens is 234 g/mol. The third-order valence-electron chi connectivity index (χ3n) is 2.57. The maximum absolute atomic E-state index is 13.1. The SMILES string of the molecule is CCNCc1cncc(-c2cc(F)cc(F)c2)c1. The Bertz CT molecular complexity index is 521. The number of nitrogens with one attached hydrogen (secondary N) is 1. The molecule has 1 N–H and O–H groups in total. The zero-order valence-corrected chi connectivity index (χ0v) is 10.1. The van der Waals surface area contributed by atoms with Crippen molar-refractivity contribution in [2.75, 3.05) is 6.54 Å². The average Bonchev–Trinajstić information content (AvgIpc) is 2.35. The number of nitrogens with zero attached hydrogens (tertiary/aromatic N) is 1. The third kappa shape index (κ3) is 3.11. The number of rotatable bonds is 4. The van der Waals surface area contributed by atoms with Gasteiger partial charge in [-0.15, -0.1) is 0 Å². The zero-order valence-electron chi connectivity index (χ0n) is 10.1. The Morgan fingerprint density at radius 1 is 1.00 bits per heavy atom. The van der Waals surface area contributed by atoms with E-state index in [0.29, 0.717) is 17.7 Å². The summed E-state index contributed by atoms with van der Waals surface area (Å²) in [7, 11) is 0. The summed E-state index contributed by atoms with van der Waals surface area (Å²) in [6.07, 6.45) is 3.34. The van der Waals surface area contributed by atoms with Gasteiger partial charge in [0.25, 0.3) is 0 Å². The molecule has 1 aromatic carbocycles.